The van der Waals surface area contributed by atoms with Gasteiger partial charge in [-0.3, -0.25) is 14.4 Å². The van der Waals surface area contributed by atoms with E-state index in [1.807, 2.05) is 0 Å². The van der Waals surface area contributed by atoms with Gasteiger partial charge in [-0.15, -0.1) is 0 Å². The van der Waals surface area contributed by atoms with E-state index in [1.165, 1.54) is 83.5 Å². The number of rotatable bonds is 28. The van der Waals surface area contributed by atoms with Crippen molar-refractivity contribution in [1.82, 2.24) is 10.6 Å². The standard InChI is InChI=1S/C39H60F4N2O6/c1-2-3-4-5-6-7-8-9-10-11-12-13-14-15-16-17-33(46)44-29-25-39(26-29)27-30(28-39)45-34(47)18-20-49-22-23-50-21-19-35(48)51-38-36(42)31(40)24-32(41)37(38)43/h24,29-30H,2-23,25-28H2,1H3,(H,44,46)(H,45,47). The largest absolute Gasteiger partial charge is 0.420 e. The summed E-state index contributed by atoms with van der Waals surface area (Å²) in [5, 5.41) is 6.23. The predicted octanol–water partition coefficient (Wildman–Crippen LogP) is 8.77. The number of hydrogen-bond acceptors (Lipinski definition) is 6. The molecule has 3 rings (SSSR count). The molecular formula is C39H60F4N2O6. The molecule has 2 amide bonds. The summed E-state index contributed by atoms with van der Waals surface area (Å²) in [5.74, 6) is -9.44. The van der Waals surface area contributed by atoms with E-state index in [2.05, 4.69) is 22.3 Å². The van der Waals surface area contributed by atoms with E-state index in [0.29, 0.717) is 6.42 Å². The van der Waals surface area contributed by atoms with Crippen molar-refractivity contribution in [2.75, 3.05) is 26.4 Å². The van der Waals surface area contributed by atoms with Crippen molar-refractivity contribution in [1.29, 1.82) is 0 Å². The first kappa shape index (κ1) is 42.7. The van der Waals surface area contributed by atoms with Crippen LogP contribution in [0, 0.1) is 28.7 Å². The Kier molecular flexibility index (Phi) is 19.9. The topological polar surface area (TPSA) is 103 Å². The van der Waals surface area contributed by atoms with Crippen LogP contribution in [0.15, 0.2) is 6.07 Å². The van der Waals surface area contributed by atoms with Crippen molar-refractivity contribution in [3.8, 4) is 5.75 Å². The molecule has 0 radical (unpaired) electrons. The maximum Gasteiger partial charge on any atom is 0.313 e. The molecule has 0 atom stereocenters. The van der Waals surface area contributed by atoms with Crippen LogP contribution in [-0.2, 0) is 23.9 Å². The van der Waals surface area contributed by atoms with E-state index >= 15 is 0 Å². The molecule has 2 aliphatic carbocycles. The summed E-state index contributed by atoms with van der Waals surface area (Å²) >= 11 is 0. The maximum atomic E-state index is 13.6. The van der Waals surface area contributed by atoms with Crippen LogP contribution in [0.3, 0.4) is 0 Å². The average Bonchev–Trinajstić information content (AvgIpc) is 3.06. The number of ether oxygens (including phenoxy) is 3. The number of esters is 1. The van der Waals surface area contributed by atoms with Crippen LogP contribution in [0.2, 0.25) is 0 Å². The lowest BCUT2D eigenvalue weighted by atomic mass is 9.52. The van der Waals surface area contributed by atoms with Crippen molar-refractivity contribution >= 4 is 17.8 Å². The molecule has 290 valence electrons. The van der Waals surface area contributed by atoms with Gasteiger partial charge in [0.25, 0.3) is 0 Å². The number of benzene rings is 1. The quantitative estimate of drug-likeness (QED) is 0.0294. The van der Waals surface area contributed by atoms with Crippen LogP contribution in [0.25, 0.3) is 0 Å². The highest BCUT2D eigenvalue weighted by Crippen LogP contribution is 2.55. The number of hydrogen-bond donors (Lipinski definition) is 2. The van der Waals surface area contributed by atoms with Gasteiger partial charge >= 0.3 is 5.97 Å². The summed E-state index contributed by atoms with van der Waals surface area (Å²) in [6, 6.07) is 0.408. The van der Waals surface area contributed by atoms with E-state index in [4.69, 9.17) is 9.47 Å². The van der Waals surface area contributed by atoms with E-state index in [-0.39, 0.29) is 68.2 Å². The molecule has 0 bridgehead atoms. The second-order valence-electron chi connectivity index (χ2n) is 14.5. The van der Waals surface area contributed by atoms with Crippen LogP contribution in [0.1, 0.15) is 148 Å². The molecule has 2 saturated carbocycles. The lowest BCUT2D eigenvalue weighted by Gasteiger charge is -2.57. The van der Waals surface area contributed by atoms with Gasteiger partial charge in [0.15, 0.2) is 11.6 Å². The van der Waals surface area contributed by atoms with Crippen molar-refractivity contribution in [3.63, 3.8) is 0 Å². The fraction of sp³-hybridized carbons (Fsp3) is 0.769. The Morgan fingerprint density at radius 1 is 0.608 bits per heavy atom. The third kappa shape index (κ3) is 16.2. The van der Waals surface area contributed by atoms with Gasteiger partial charge in [0.2, 0.25) is 29.2 Å². The van der Waals surface area contributed by atoms with Crippen molar-refractivity contribution in [2.24, 2.45) is 5.41 Å². The molecule has 1 aromatic carbocycles. The summed E-state index contributed by atoms with van der Waals surface area (Å²) < 4.78 is 68.6. The third-order valence-electron chi connectivity index (χ3n) is 10.0. The number of carbonyl (C=O) groups is 3. The maximum absolute atomic E-state index is 13.6. The Hall–Kier alpha value is -2.73. The molecule has 2 aliphatic rings. The van der Waals surface area contributed by atoms with Gasteiger partial charge in [-0.25, -0.2) is 8.78 Å². The molecule has 8 nitrogen and oxygen atoms in total. The zero-order valence-electron chi connectivity index (χ0n) is 30.6. The van der Waals surface area contributed by atoms with Crippen molar-refractivity contribution in [3.05, 3.63) is 29.3 Å². The normalized spacial score (nSPS) is 19.4. The van der Waals surface area contributed by atoms with Gasteiger partial charge in [0, 0.05) is 31.0 Å². The Bertz CT molecular complexity index is 1180. The van der Waals surface area contributed by atoms with Crippen LogP contribution in [0.5, 0.6) is 5.75 Å². The Morgan fingerprint density at radius 2 is 1.02 bits per heavy atom. The van der Waals surface area contributed by atoms with Gasteiger partial charge in [-0.1, -0.05) is 96.8 Å². The molecule has 1 aromatic rings. The van der Waals surface area contributed by atoms with E-state index < -0.39 is 41.4 Å². The fourth-order valence-electron chi connectivity index (χ4n) is 7.21. The Morgan fingerprint density at radius 3 is 1.49 bits per heavy atom. The molecule has 0 unspecified atom stereocenters. The van der Waals surface area contributed by atoms with Gasteiger partial charge in [0.1, 0.15) is 0 Å². The Balaban J connectivity index is 1.07. The first-order chi connectivity index (χ1) is 24.6. The Labute approximate surface area is 301 Å². The molecular weight excluding hydrogens is 668 g/mol. The molecule has 12 heteroatoms. The summed E-state index contributed by atoms with van der Waals surface area (Å²) in [6.07, 6.45) is 23.8. The number of unbranched alkanes of at least 4 members (excludes halogenated alkanes) is 14. The van der Waals surface area contributed by atoms with Gasteiger partial charge < -0.3 is 24.8 Å². The zero-order chi connectivity index (χ0) is 36.9. The SMILES string of the molecule is CCCCCCCCCCCCCCCCCC(=O)NC1CC2(C1)CC(NC(=O)CCOCCOCCC(=O)Oc1c(F)c(F)cc(F)c1F)C2. The molecule has 0 aliphatic heterocycles. The molecule has 1 spiro atoms. The lowest BCUT2D eigenvalue weighted by molar-refractivity contribution is -0.136. The molecule has 51 heavy (non-hydrogen) atoms. The highest BCUT2D eigenvalue weighted by atomic mass is 19.2. The predicted molar refractivity (Wildman–Crippen MR) is 187 cm³/mol. The summed E-state index contributed by atoms with van der Waals surface area (Å²) in [6.45, 7) is 2.52. The lowest BCUT2D eigenvalue weighted by Crippen LogP contribution is -2.61. The van der Waals surface area contributed by atoms with Crippen molar-refractivity contribution in [2.45, 2.75) is 160 Å². The van der Waals surface area contributed by atoms with Crippen LogP contribution in [0.4, 0.5) is 17.6 Å². The van der Waals surface area contributed by atoms with Crippen molar-refractivity contribution < 1.29 is 46.2 Å². The van der Waals surface area contributed by atoms with Gasteiger partial charge in [-0.05, 0) is 37.5 Å². The number of carbonyl (C=O) groups excluding carboxylic acids is 3. The molecule has 2 fully saturated rings. The molecule has 0 saturated heterocycles. The van der Waals surface area contributed by atoms with Gasteiger partial charge in [-0.2, -0.15) is 8.78 Å². The van der Waals surface area contributed by atoms with Gasteiger partial charge in [0.05, 0.1) is 32.8 Å². The number of amides is 2. The van der Waals surface area contributed by atoms with E-state index in [1.54, 1.807) is 0 Å². The molecule has 0 aromatic heterocycles. The first-order valence-electron chi connectivity index (χ1n) is 19.4. The fourth-order valence-corrected chi connectivity index (χ4v) is 7.21. The third-order valence-corrected chi connectivity index (χ3v) is 10.0. The highest BCUT2D eigenvalue weighted by Gasteiger charge is 2.53. The van der Waals surface area contributed by atoms with E-state index in [0.717, 1.165) is 38.5 Å². The average molecular weight is 729 g/mol. The first-order valence-corrected chi connectivity index (χ1v) is 19.4. The second-order valence-corrected chi connectivity index (χ2v) is 14.5. The summed E-state index contributed by atoms with van der Waals surface area (Å²) in [7, 11) is 0. The molecule has 2 N–H and O–H groups in total. The molecule has 0 heterocycles. The number of halogens is 4. The van der Waals surface area contributed by atoms with Crippen LogP contribution >= 0.6 is 0 Å². The minimum atomic E-state index is -1.80. The monoisotopic (exact) mass is 728 g/mol. The van der Waals surface area contributed by atoms with Crippen LogP contribution in [-0.4, -0.2) is 56.3 Å². The van der Waals surface area contributed by atoms with Crippen LogP contribution < -0.4 is 15.4 Å². The summed E-state index contributed by atoms with van der Waals surface area (Å²) in [5.41, 5.74) is 0.237. The minimum absolute atomic E-state index is 0.0202. The minimum Gasteiger partial charge on any atom is -0.420 e. The smallest absolute Gasteiger partial charge is 0.313 e. The zero-order valence-corrected chi connectivity index (χ0v) is 30.6. The second kappa shape index (κ2) is 23.8. The number of nitrogens with one attached hydrogen (secondary N) is 2. The highest BCUT2D eigenvalue weighted by molar-refractivity contribution is 5.77. The van der Waals surface area contributed by atoms with E-state index in [9.17, 15) is 31.9 Å². The summed E-state index contributed by atoms with van der Waals surface area (Å²) in [4.78, 5) is 36.4.